The fourth-order valence-corrected chi connectivity index (χ4v) is 3.41. The molecule has 1 heterocycles. The minimum absolute atomic E-state index is 0.154. The minimum atomic E-state index is -0.359. The van der Waals surface area contributed by atoms with Gasteiger partial charge in [-0.15, -0.1) is 11.3 Å². The highest BCUT2D eigenvalue weighted by molar-refractivity contribution is 7.12. The normalized spacial score (nSPS) is 10.3. The summed E-state index contributed by atoms with van der Waals surface area (Å²) in [5.74, 6) is -0.407. The molecular weight excluding hydrogens is 412 g/mol. The molecule has 0 saturated heterocycles. The van der Waals surface area contributed by atoms with E-state index in [1.165, 1.54) is 11.3 Å². The number of nitrogens with one attached hydrogen (secondary N) is 4. The fraction of sp³-hybridized carbons (Fsp3) is 0.174. The van der Waals surface area contributed by atoms with Crippen molar-refractivity contribution in [2.45, 2.75) is 13.8 Å². The molecule has 0 saturated carbocycles. The van der Waals surface area contributed by atoms with Gasteiger partial charge in [0.25, 0.3) is 11.8 Å². The van der Waals surface area contributed by atoms with Crippen molar-refractivity contribution >= 4 is 40.6 Å². The van der Waals surface area contributed by atoms with E-state index in [1.54, 1.807) is 30.3 Å². The average molecular weight is 437 g/mol. The summed E-state index contributed by atoms with van der Waals surface area (Å²) in [4.78, 5) is 36.9. The second-order valence-electron chi connectivity index (χ2n) is 6.94. The van der Waals surface area contributed by atoms with E-state index in [2.05, 4.69) is 21.3 Å². The van der Waals surface area contributed by atoms with E-state index in [0.717, 1.165) is 11.1 Å². The van der Waals surface area contributed by atoms with Gasteiger partial charge in [-0.1, -0.05) is 12.1 Å². The maximum Gasteiger partial charge on any atom is 0.323 e. The molecule has 4 amide bonds. The van der Waals surface area contributed by atoms with Gasteiger partial charge in [0.1, 0.15) is 0 Å². The van der Waals surface area contributed by atoms with Crippen molar-refractivity contribution < 1.29 is 14.4 Å². The summed E-state index contributed by atoms with van der Waals surface area (Å²) < 4.78 is 0. The van der Waals surface area contributed by atoms with Crippen LogP contribution >= 0.6 is 11.3 Å². The largest absolute Gasteiger partial charge is 0.350 e. The van der Waals surface area contributed by atoms with Crippen LogP contribution < -0.4 is 21.3 Å². The Morgan fingerprint density at radius 1 is 0.774 bits per heavy atom. The summed E-state index contributed by atoms with van der Waals surface area (Å²) in [6, 6.07) is 15.5. The summed E-state index contributed by atoms with van der Waals surface area (Å²) in [7, 11) is 0. The third-order valence-electron chi connectivity index (χ3n) is 4.61. The number of carbonyl (C=O) groups excluding carboxylic acids is 3. The van der Waals surface area contributed by atoms with E-state index in [-0.39, 0.29) is 17.8 Å². The van der Waals surface area contributed by atoms with Crippen molar-refractivity contribution in [1.29, 1.82) is 0 Å². The van der Waals surface area contributed by atoms with Crippen LogP contribution in [0.5, 0.6) is 0 Å². The van der Waals surface area contributed by atoms with E-state index in [1.807, 2.05) is 43.5 Å². The molecule has 0 spiro atoms. The van der Waals surface area contributed by atoms with Crippen molar-refractivity contribution in [3.8, 4) is 0 Å². The molecule has 0 aliphatic heterocycles. The Morgan fingerprint density at radius 2 is 1.42 bits per heavy atom. The van der Waals surface area contributed by atoms with E-state index < -0.39 is 0 Å². The van der Waals surface area contributed by atoms with Crippen molar-refractivity contribution in [2.24, 2.45) is 0 Å². The van der Waals surface area contributed by atoms with Gasteiger partial charge in [-0.25, -0.2) is 4.79 Å². The SMILES string of the molecule is Cc1ccc(NC(=O)Nc2ccc(C(=O)NCCNC(=O)c3cccs3)cc2)cc1C. The van der Waals surface area contributed by atoms with Crippen LogP contribution in [0.4, 0.5) is 16.2 Å². The Morgan fingerprint density at radius 3 is 2.06 bits per heavy atom. The first-order valence-electron chi connectivity index (χ1n) is 9.77. The van der Waals surface area contributed by atoms with Gasteiger partial charge in [-0.3, -0.25) is 9.59 Å². The molecular formula is C23H24N4O3S. The maximum atomic E-state index is 12.2. The van der Waals surface area contributed by atoms with Crippen LogP contribution in [0.25, 0.3) is 0 Å². The van der Waals surface area contributed by atoms with Gasteiger partial charge in [-0.05, 0) is 72.8 Å². The van der Waals surface area contributed by atoms with E-state index >= 15 is 0 Å². The number of rotatable bonds is 7. The van der Waals surface area contributed by atoms with Crippen molar-refractivity contribution in [3.05, 3.63) is 81.5 Å². The van der Waals surface area contributed by atoms with Crippen molar-refractivity contribution in [1.82, 2.24) is 10.6 Å². The highest BCUT2D eigenvalue weighted by Crippen LogP contribution is 2.15. The quantitative estimate of drug-likeness (QED) is 0.418. The number of aryl methyl sites for hydroxylation is 2. The average Bonchev–Trinajstić information content (AvgIpc) is 3.29. The predicted molar refractivity (Wildman–Crippen MR) is 124 cm³/mol. The van der Waals surface area contributed by atoms with Crippen LogP contribution in [0.1, 0.15) is 31.2 Å². The molecule has 31 heavy (non-hydrogen) atoms. The monoisotopic (exact) mass is 436 g/mol. The Hall–Kier alpha value is -3.65. The lowest BCUT2D eigenvalue weighted by Gasteiger charge is -2.10. The molecule has 8 heteroatoms. The number of urea groups is 1. The lowest BCUT2D eigenvalue weighted by atomic mass is 10.1. The third-order valence-corrected chi connectivity index (χ3v) is 5.48. The van der Waals surface area contributed by atoms with Gasteiger partial charge in [0.05, 0.1) is 4.88 Å². The van der Waals surface area contributed by atoms with Gasteiger partial charge >= 0.3 is 6.03 Å². The summed E-state index contributed by atoms with van der Waals surface area (Å²) in [6.07, 6.45) is 0. The standard InChI is InChI=1S/C23H24N4O3S/c1-15-5-8-19(14-16(15)2)27-23(30)26-18-9-6-17(7-10-18)21(28)24-11-12-25-22(29)20-4-3-13-31-20/h3-10,13-14H,11-12H2,1-2H3,(H,24,28)(H,25,29)(H2,26,27,30). The van der Waals surface area contributed by atoms with Crippen LogP contribution in [-0.4, -0.2) is 30.9 Å². The Kier molecular flexibility index (Phi) is 7.40. The molecule has 2 aromatic carbocycles. The zero-order chi connectivity index (χ0) is 22.2. The number of benzene rings is 2. The van der Waals surface area contributed by atoms with Crippen LogP contribution in [0.2, 0.25) is 0 Å². The number of hydrogen-bond acceptors (Lipinski definition) is 4. The van der Waals surface area contributed by atoms with Crippen LogP contribution in [-0.2, 0) is 0 Å². The molecule has 0 radical (unpaired) electrons. The zero-order valence-corrected chi connectivity index (χ0v) is 18.1. The van der Waals surface area contributed by atoms with Gasteiger partial charge in [0, 0.05) is 30.0 Å². The van der Waals surface area contributed by atoms with Crippen LogP contribution in [0.3, 0.4) is 0 Å². The molecule has 0 aliphatic carbocycles. The third kappa shape index (κ3) is 6.42. The minimum Gasteiger partial charge on any atom is -0.350 e. The van der Waals surface area contributed by atoms with Gasteiger partial charge in [-0.2, -0.15) is 0 Å². The molecule has 0 unspecified atom stereocenters. The molecule has 7 nitrogen and oxygen atoms in total. The highest BCUT2D eigenvalue weighted by atomic mass is 32.1. The van der Waals surface area contributed by atoms with Crippen LogP contribution in [0, 0.1) is 13.8 Å². The molecule has 4 N–H and O–H groups in total. The van der Waals surface area contributed by atoms with Crippen molar-refractivity contribution in [3.63, 3.8) is 0 Å². The molecule has 3 rings (SSSR count). The maximum absolute atomic E-state index is 12.2. The lowest BCUT2D eigenvalue weighted by molar-refractivity contribution is 0.0929. The zero-order valence-electron chi connectivity index (χ0n) is 17.3. The van der Waals surface area contributed by atoms with E-state index in [4.69, 9.17) is 0 Å². The predicted octanol–water partition coefficient (Wildman–Crippen LogP) is 4.17. The van der Waals surface area contributed by atoms with E-state index in [9.17, 15) is 14.4 Å². The molecule has 0 aliphatic rings. The summed E-state index contributed by atoms with van der Waals surface area (Å²) >= 11 is 1.37. The van der Waals surface area contributed by atoms with Gasteiger partial charge < -0.3 is 21.3 Å². The highest BCUT2D eigenvalue weighted by Gasteiger charge is 2.08. The lowest BCUT2D eigenvalue weighted by Crippen LogP contribution is -2.34. The smallest absolute Gasteiger partial charge is 0.323 e. The fourth-order valence-electron chi connectivity index (χ4n) is 2.77. The van der Waals surface area contributed by atoms with Crippen LogP contribution in [0.15, 0.2) is 60.0 Å². The molecule has 3 aromatic rings. The number of thiophene rings is 1. The summed E-state index contributed by atoms with van der Waals surface area (Å²) in [5.41, 5.74) is 4.00. The number of carbonyl (C=O) groups is 3. The summed E-state index contributed by atoms with van der Waals surface area (Å²) in [6.45, 7) is 4.65. The first-order chi connectivity index (χ1) is 14.9. The van der Waals surface area contributed by atoms with Gasteiger partial charge in [0.15, 0.2) is 0 Å². The first kappa shape index (κ1) is 22.0. The Bertz CT molecular complexity index is 1060. The Balaban J connectivity index is 1.43. The molecule has 1 aromatic heterocycles. The number of hydrogen-bond donors (Lipinski definition) is 4. The molecule has 0 atom stereocenters. The summed E-state index contributed by atoms with van der Waals surface area (Å²) in [5, 5.41) is 12.9. The number of anilines is 2. The van der Waals surface area contributed by atoms with Gasteiger partial charge in [0.2, 0.25) is 0 Å². The number of amides is 4. The second-order valence-corrected chi connectivity index (χ2v) is 7.89. The Labute approximate surface area is 184 Å². The topological polar surface area (TPSA) is 99.3 Å². The van der Waals surface area contributed by atoms with Crippen molar-refractivity contribution in [2.75, 3.05) is 23.7 Å². The second kappa shape index (κ2) is 10.4. The van der Waals surface area contributed by atoms with E-state index in [0.29, 0.717) is 34.9 Å². The molecule has 0 bridgehead atoms. The molecule has 0 fully saturated rings. The first-order valence-corrected chi connectivity index (χ1v) is 10.7. The molecule has 160 valence electrons.